The molecule has 0 unspecified atom stereocenters. The number of aromatic nitrogens is 2. The van der Waals surface area contributed by atoms with Crippen LogP contribution in [0.25, 0.3) is 11.3 Å². The van der Waals surface area contributed by atoms with Gasteiger partial charge in [-0.05, 0) is 29.9 Å². The predicted molar refractivity (Wildman–Crippen MR) is 125 cm³/mol. The van der Waals surface area contributed by atoms with Gasteiger partial charge >= 0.3 is 5.97 Å². The fourth-order valence-corrected chi connectivity index (χ4v) is 3.76. The third kappa shape index (κ3) is 6.28. The Morgan fingerprint density at radius 2 is 1.62 bits per heavy atom. The van der Waals surface area contributed by atoms with Gasteiger partial charge in [0.25, 0.3) is 0 Å². The maximum absolute atomic E-state index is 12.5. The van der Waals surface area contributed by atoms with Crippen molar-refractivity contribution >= 4 is 17.8 Å². The quantitative estimate of drug-likeness (QED) is 0.483. The third-order valence-electron chi connectivity index (χ3n) is 5.85. The van der Waals surface area contributed by atoms with Crippen molar-refractivity contribution in [2.45, 2.75) is 51.9 Å². The summed E-state index contributed by atoms with van der Waals surface area (Å²) in [7, 11) is 1.38. The number of methoxy groups -OCH3 is 1. The molecule has 0 radical (unpaired) electrons. The number of carbonyl (C=O) groups is 2. The van der Waals surface area contributed by atoms with Crippen LogP contribution in [0.15, 0.2) is 36.5 Å². The number of rotatable bonds is 7. The van der Waals surface area contributed by atoms with Crippen LogP contribution in [0.1, 0.15) is 52.0 Å². The molecule has 1 aliphatic rings. The smallest absolute Gasteiger partial charge is 0.305 e. The van der Waals surface area contributed by atoms with E-state index in [9.17, 15) is 9.59 Å². The third-order valence-corrected chi connectivity index (χ3v) is 5.85. The highest BCUT2D eigenvalue weighted by Crippen LogP contribution is 2.26. The second-order valence-electron chi connectivity index (χ2n) is 9.22. The molecule has 7 heteroatoms. The molecule has 1 fully saturated rings. The maximum atomic E-state index is 12.5. The van der Waals surface area contributed by atoms with Crippen LogP contribution < -0.4 is 4.90 Å². The summed E-state index contributed by atoms with van der Waals surface area (Å²) >= 11 is 0. The zero-order valence-corrected chi connectivity index (χ0v) is 19.6. The molecule has 7 nitrogen and oxygen atoms in total. The van der Waals surface area contributed by atoms with Crippen LogP contribution in [0.3, 0.4) is 0 Å². The zero-order valence-electron chi connectivity index (χ0n) is 19.6. The molecule has 1 aliphatic heterocycles. The van der Waals surface area contributed by atoms with Gasteiger partial charge in [-0.15, -0.1) is 0 Å². The minimum atomic E-state index is -0.224. The lowest BCUT2D eigenvalue weighted by Crippen LogP contribution is -2.49. The Bertz CT molecular complexity index is 914. The van der Waals surface area contributed by atoms with E-state index in [1.165, 1.54) is 12.7 Å². The lowest BCUT2D eigenvalue weighted by atomic mass is 9.86. The van der Waals surface area contributed by atoms with Crippen molar-refractivity contribution in [3.8, 4) is 11.3 Å². The number of benzene rings is 1. The van der Waals surface area contributed by atoms with Crippen LogP contribution >= 0.6 is 0 Å². The average molecular weight is 439 g/mol. The first kappa shape index (κ1) is 23.7. The summed E-state index contributed by atoms with van der Waals surface area (Å²) < 4.78 is 4.63. The number of unbranched alkanes of at least 4 members (excludes halogenated alkanes) is 1. The summed E-state index contributed by atoms with van der Waals surface area (Å²) in [5.41, 5.74) is 3.39. The molecule has 0 saturated carbocycles. The molecule has 0 N–H and O–H groups in total. The Morgan fingerprint density at radius 1 is 0.969 bits per heavy atom. The molecule has 1 aromatic heterocycles. The second kappa shape index (κ2) is 10.6. The van der Waals surface area contributed by atoms with Crippen LogP contribution in [0.2, 0.25) is 0 Å². The minimum absolute atomic E-state index is 0.119. The summed E-state index contributed by atoms with van der Waals surface area (Å²) in [5, 5.41) is 0. The lowest BCUT2D eigenvalue weighted by Gasteiger charge is -2.35. The number of amides is 1. The summed E-state index contributed by atoms with van der Waals surface area (Å²) in [4.78, 5) is 36.9. The van der Waals surface area contributed by atoms with Crippen molar-refractivity contribution in [2.24, 2.45) is 0 Å². The first-order valence-corrected chi connectivity index (χ1v) is 11.3. The van der Waals surface area contributed by atoms with E-state index in [-0.39, 0.29) is 17.3 Å². The Labute approximate surface area is 190 Å². The topological polar surface area (TPSA) is 75.6 Å². The van der Waals surface area contributed by atoms with E-state index >= 15 is 0 Å². The molecule has 1 saturated heterocycles. The van der Waals surface area contributed by atoms with E-state index in [0.717, 1.165) is 11.3 Å². The number of esters is 1. The number of hydrogen-bond acceptors (Lipinski definition) is 6. The monoisotopic (exact) mass is 438 g/mol. The maximum Gasteiger partial charge on any atom is 0.305 e. The van der Waals surface area contributed by atoms with Crippen LogP contribution in [-0.2, 0) is 19.7 Å². The van der Waals surface area contributed by atoms with E-state index in [2.05, 4.69) is 59.7 Å². The summed E-state index contributed by atoms with van der Waals surface area (Å²) in [5.74, 6) is 0.620. The van der Waals surface area contributed by atoms with E-state index in [1.807, 2.05) is 11.0 Å². The summed E-state index contributed by atoms with van der Waals surface area (Å²) in [6.45, 7) is 9.35. The number of ether oxygens (including phenoxy) is 1. The Balaban J connectivity index is 1.54. The normalized spacial score (nSPS) is 14.4. The van der Waals surface area contributed by atoms with Gasteiger partial charge in [0.2, 0.25) is 11.9 Å². The van der Waals surface area contributed by atoms with Gasteiger partial charge in [-0.3, -0.25) is 9.59 Å². The summed E-state index contributed by atoms with van der Waals surface area (Å²) in [6.07, 6.45) is 4.01. The van der Waals surface area contributed by atoms with Gasteiger partial charge in [-0.2, -0.15) is 0 Å². The number of anilines is 1. The van der Waals surface area contributed by atoms with Crippen LogP contribution in [0, 0.1) is 0 Å². The highest BCUT2D eigenvalue weighted by molar-refractivity contribution is 5.76. The van der Waals surface area contributed by atoms with Gasteiger partial charge < -0.3 is 14.5 Å². The van der Waals surface area contributed by atoms with Crippen molar-refractivity contribution in [3.05, 3.63) is 42.1 Å². The molecule has 2 heterocycles. The fraction of sp³-hybridized carbons (Fsp3) is 0.520. The molecule has 0 bridgehead atoms. The molecule has 2 aromatic rings. The van der Waals surface area contributed by atoms with Gasteiger partial charge in [0, 0.05) is 50.8 Å². The van der Waals surface area contributed by atoms with Crippen LogP contribution in [-0.4, -0.2) is 60.0 Å². The van der Waals surface area contributed by atoms with Crippen molar-refractivity contribution in [1.82, 2.24) is 14.9 Å². The van der Waals surface area contributed by atoms with Gasteiger partial charge in [-0.25, -0.2) is 9.97 Å². The summed E-state index contributed by atoms with van der Waals surface area (Å²) in [6, 6.07) is 10.5. The molecule has 0 aliphatic carbocycles. The van der Waals surface area contributed by atoms with Crippen molar-refractivity contribution in [3.63, 3.8) is 0 Å². The molecule has 1 aromatic carbocycles. The average Bonchev–Trinajstić information content (AvgIpc) is 2.81. The van der Waals surface area contributed by atoms with E-state index < -0.39 is 0 Å². The highest BCUT2D eigenvalue weighted by atomic mass is 16.5. The van der Waals surface area contributed by atoms with E-state index in [0.29, 0.717) is 57.8 Å². The first-order valence-electron chi connectivity index (χ1n) is 11.3. The standard InChI is InChI=1S/C25H34N4O3/c1-25(2,3)20-11-9-19(10-12-20)21-13-14-26-24(27-21)29-17-15-28(16-18-29)22(30)7-5-6-8-23(31)32-4/h9-14H,5-8,15-18H2,1-4H3. The second-order valence-corrected chi connectivity index (χ2v) is 9.22. The Morgan fingerprint density at radius 3 is 2.25 bits per heavy atom. The van der Waals surface area contributed by atoms with Crippen LogP contribution in [0.4, 0.5) is 5.95 Å². The molecule has 32 heavy (non-hydrogen) atoms. The number of hydrogen-bond donors (Lipinski definition) is 0. The number of piperazine rings is 1. The Hall–Kier alpha value is -2.96. The van der Waals surface area contributed by atoms with Crippen molar-refractivity contribution < 1.29 is 14.3 Å². The predicted octanol–water partition coefficient (Wildman–Crippen LogP) is 3.82. The highest BCUT2D eigenvalue weighted by Gasteiger charge is 2.22. The zero-order chi connectivity index (χ0) is 23.1. The van der Waals surface area contributed by atoms with Gasteiger partial charge in [0.05, 0.1) is 12.8 Å². The fourth-order valence-electron chi connectivity index (χ4n) is 3.76. The van der Waals surface area contributed by atoms with Crippen molar-refractivity contribution in [1.29, 1.82) is 0 Å². The number of nitrogens with zero attached hydrogens (tertiary/aromatic N) is 4. The molecule has 3 rings (SSSR count). The van der Waals surface area contributed by atoms with E-state index in [1.54, 1.807) is 6.20 Å². The largest absolute Gasteiger partial charge is 0.469 e. The minimum Gasteiger partial charge on any atom is -0.469 e. The Kier molecular flexibility index (Phi) is 7.83. The molecule has 172 valence electrons. The van der Waals surface area contributed by atoms with Crippen molar-refractivity contribution in [2.75, 3.05) is 38.2 Å². The molecule has 0 spiro atoms. The lowest BCUT2D eigenvalue weighted by molar-refractivity contribution is -0.141. The van der Waals surface area contributed by atoms with Gasteiger partial charge in [0.15, 0.2) is 0 Å². The molecule has 0 atom stereocenters. The molecular formula is C25H34N4O3. The van der Waals surface area contributed by atoms with Crippen LogP contribution in [0.5, 0.6) is 0 Å². The number of carbonyl (C=O) groups excluding carboxylic acids is 2. The van der Waals surface area contributed by atoms with Gasteiger partial charge in [-0.1, -0.05) is 45.0 Å². The van der Waals surface area contributed by atoms with E-state index in [4.69, 9.17) is 4.98 Å². The first-order chi connectivity index (χ1) is 15.3. The van der Waals surface area contributed by atoms with Gasteiger partial charge in [0.1, 0.15) is 0 Å². The SMILES string of the molecule is COC(=O)CCCCC(=O)N1CCN(c2nccc(-c3ccc(C(C)(C)C)cc3)n2)CC1. The molecule has 1 amide bonds. The molecular weight excluding hydrogens is 404 g/mol.